The number of halogens is 5. The number of hydrogen-bond donors (Lipinski definition) is 3. The summed E-state index contributed by atoms with van der Waals surface area (Å²) in [6.45, 7) is 3.53. The van der Waals surface area contributed by atoms with Gasteiger partial charge < -0.3 is 59.1 Å². The molecule has 2 aromatic rings. The van der Waals surface area contributed by atoms with Crippen LogP contribution in [0.15, 0.2) is 12.1 Å². The van der Waals surface area contributed by atoms with Crippen LogP contribution in [0, 0.1) is 11.6 Å². The van der Waals surface area contributed by atoms with E-state index in [0.717, 1.165) is 0 Å². The number of amides is 3. The fraction of sp³-hybridized carbons (Fsp3) is 0.561. The van der Waals surface area contributed by atoms with Crippen LogP contribution in [0.1, 0.15) is 67.7 Å². The number of nitrogens with zero attached hydrogens (tertiary/aromatic N) is 2. The van der Waals surface area contributed by atoms with Gasteiger partial charge in [0.15, 0.2) is 34.6 Å². The van der Waals surface area contributed by atoms with Gasteiger partial charge in [-0.15, -0.1) is 0 Å². The lowest BCUT2D eigenvalue weighted by molar-refractivity contribution is -0.156. The summed E-state index contributed by atoms with van der Waals surface area (Å²) in [4.78, 5) is 72.3. The number of benzene rings is 2. The number of esters is 1. The molecule has 0 aliphatic carbocycles. The normalized spacial score (nSPS) is 13.2. The van der Waals surface area contributed by atoms with E-state index in [4.69, 9.17) is 48.8 Å². The number of aliphatic carboxylic acids is 1. The van der Waals surface area contributed by atoms with Crippen molar-refractivity contribution in [3.8, 4) is 23.0 Å². The first-order chi connectivity index (χ1) is 30.4. The SMILES string of the molecule is COc1cc2c(c(F)c1OCCCOc1c(OC)cc3c(c1F)CN(C(=O)CCC(=O)O[C@@H](C)CNC(=O)CCOCCOCCN)C3)CN(C(=O)CCC(=O)O)C2.O=CC(F)(F)F. The summed E-state index contributed by atoms with van der Waals surface area (Å²) in [5.41, 5.74) is 6.88. The first kappa shape index (κ1) is 52.5. The van der Waals surface area contributed by atoms with Gasteiger partial charge in [0.25, 0.3) is 0 Å². The number of carboxylic acids is 1. The third kappa shape index (κ3) is 16.7. The molecule has 4 N–H and O–H groups in total. The largest absolute Gasteiger partial charge is 0.493 e. The number of nitrogens with two attached hydrogens (primary N) is 1. The molecule has 1 atom stereocenters. The maximum atomic E-state index is 15.8. The highest BCUT2D eigenvalue weighted by atomic mass is 19.4. The summed E-state index contributed by atoms with van der Waals surface area (Å²) in [5, 5.41) is 11.5. The van der Waals surface area contributed by atoms with Gasteiger partial charge in [-0.05, 0) is 30.2 Å². The lowest BCUT2D eigenvalue weighted by atomic mass is 10.1. The molecule has 0 spiro atoms. The third-order valence-electron chi connectivity index (χ3n) is 9.37. The number of methoxy groups -OCH3 is 2. The van der Waals surface area contributed by atoms with Crippen molar-refractivity contribution in [2.24, 2.45) is 5.73 Å². The number of ether oxygens (including phenoxy) is 7. The fourth-order valence-corrected chi connectivity index (χ4v) is 6.24. The zero-order valence-corrected chi connectivity index (χ0v) is 35.7. The van der Waals surface area contributed by atoms with Crippen LogP contribution in [0.4, 0.5) is 22.0 Å². The standard InChI is InChI=1S/C39H52F2N4O13.C2HF3O/c1-24(19-43-31(46)9-13-54-15-16-55-14-10-42)58-35(51)8-6-33(48)45-21-26-18-30(53-3)39(37(41)28(26)23-45)57-12-4-11-56-38-29(52-2)17-25-20-44(22-27(25)36(38)40)32(47)5-7-34(49)50;3-2(4,5)1-6/h17-18,24H,4-16,19-23,42H2,1-3H3,(H,43,46)(H,49,50);1H/t24-;/m0./s1. The number of alkyl halides is 3. The predicted octanol–water partition coefficient (Wildman–Crippen LogP) is 3.34. The lowest BCUT2D eigenvalue weighted by Gasteiger charge is -2.17. The molecule has 0 aromatic heterocycles. The van der Waals surface area contributed by atoms with E-state index < -0.39 is 48.0 Å². The van der Waals surface area contributed by atoms with Crippen molar-refractivity contribution >= 4 is 35.9 Å². The average Bonchev–Trinajstić information content (AvgIpc) is 3.90. The number of rotatable bonds is 25. The van der Waals surface area contributed by atoms with Gasteiger partial charge in [0.05, 0.1) is 73.2 Å². The van der Waals surface area contributed by atoms with Gasteiger partial charge in [-0.1, -0.05) is 0 Å². The number of fused-ring (bicyclic) bond motifs is 2. The molecule has 18 nitrogen and oxygen atoms in total. The Kier molecular flexibility index (Phi) is 21.4. The molecule has 0 saturated carbocycles. The smallest absolute Gasteiger partial charge is 0.446 e. The van der Waals surface area contributed by atoms with Crippen molar-refractivity contribution in [2.45, 2.75) is 83.9 Å². The Labute approximate surface area is 365 Å². The van der Waals surface area contributed by atoms with Gasteiger partial charge >= 0.3 is 18.1 Å². The zero-order chi connectivity index (χ0) is 47.4. The quantitative estimate of drug-likeness (QED) is 0.0561. The maximum Gasteiger partial charge on any atom is 0.446 e. The molecule has 0 unspecified atom stereocenters. The summed E-state index contributed by atoms with van der Waals surface area (Å²) in [6, 6.07) is 3.17. The molecular formula is C41H53F5N4O14. The van der Waals surface area contributed by atoms with Crippen LogP contribution in [0.3, 0.4) is 0 Å². The van der Waals surface area contributed by atoms with Gasteiger partial charge in [0.1, 0.15) is 6.10 Å². The molecule has 356 valence electrons. The highest BCUT2D eigenvalue weighted by Crippen LogP contribution is 2.40. The fourth-order valence-electron chi connectivity index (χ4n) is 6.24. The van der Waals surface area contributed by atoms with E-state index >= 15 is 8.78 Å². The Hall–Kier alpha value is -5.81. The maximum absolute atomic E-state index is 15.8. The Bertz CT molecular complexity index is 1940. The number of nitrogens with one attached hydrogen (secondary N) is 1. The van der Waals surface area contributed by atoms with Crippen molar-refractivity contribution in [3.05, 3.63) is 46.0 Å². The highest BCUT2D eigenvalue weighted by Gasteiger charge is 2.32. The van der Waals surface area contributed by atoms with E-state index in [0.29, 0.717) is 37.5 Å². The van der Waals surface area contributed by atoms with Gasteiger partial charge in [-0.25, -0.2) is 8.78 Å². The number of aldehydes is 1. The van der Waals surface area contributed by atoms with E-state index in [1.807, 2.05) is 0 Å². The number of hydrogen-bond acceptors (Lipinski definition) is 14. The molecule has 2 heterocycles. The average molecular weight is 921 g/mol. The van der Waals surface area contributed by atoms with Gasteiger partial charge in [0, 0.05) is 69.5 Å². The molecule has 2 aromatic carbocycles. The molecule has 64 heavy (non-hydrogen) atoms. The van der Waals surface area contributed by atoms with Crippen LogP contribution in [-0.4, -0.2) is 130 Å². The van der Waals surface area contributed by atoms with Crippen molar-refractivity contribution in [1.29, 1.82) is 0 Å². The van der Waals surface area contributed by atoms with E-state index in [2.05, 4.69) is 5.32 Å². The second kappa shape index (κ2) is 26.1. The summed E-state index contributed by atoms with van der Waals surface area (Å²) in [5.74, 6) is -4.25. The van der Waals surface area contributed by atoms with Crippen LogP contribution >= 0.6 is 0 Å². The second-order valence-electron chi connectivity index (χ2n) is 14.2. The minimum Gasteiger partial charge on any atom is -0.493 e. The van der Waals surface area contributed by atoms with E-state index in [-0.39, 0.29) is 137 Å². The number of carbonyl (C=O) groups excluding carboxylic acids is 5. The summed E-state index contributed by atoms with van der Waals surface area (Å²) < 4.78 is 101. The highest BCUT2D eigenvalue weighted by molar-refractivity contribution is 5.82. The lowest BCUT2D eigenvalue weighted by Crippen LogP contribution is -2.34. The summed E-state index contributed by atoms with van der Waals surface area (Å²) in [7, 11) is 2.71. The Balaban J connectivity index is 0.00000169. The Morgan fingerprint density at radius 3 is 1.70 bits per heavy atom. The monoisotopic (exact) mass is 920 g/mol. The first-order valence-electron chi connectivity index (χ1n) is 20.1. The van der Waals surface area contributed by atoms with Crippen molar-refractivity contribution in [3.63, 3.8) is 0 Å². The molecule has 3 amide bonds. The van der Waals surface area contributed by atoms with Gasteiger partial charge in [-0.2, -0.15) is 13.2 Å². The van der Waals surface area contributed by atoms with Crippen molar-refractivity contribution in [1.82, 2.24) is 15.1 Å². The minimum absolute atomic E-state index is 0.0382. The molecule has 0 bridgehead atoms. The minimum atomic E-state index is -4.64. The van der Waals surface area contributed by atoms with Crippen molar-refractivity contribution < 1.29 is 89.0 Å². The molecule has 2 aliphatic heterocycles. The molecule has 2 aliphatic rings. The van der Waals surface area contributed by atoms with Crippen LogP contribution < -0.4 is 30.0 Å². The molecule has 0 fully saturated rings. The predicted molar refractivity (Wildman–Crippen MR) is 212 cm³/mol. The second-order valence-corrected chi connectivity index (χ2v) is 14.2. The van der Waals surface area contributed by atoms with Crippen LogP contribution in [0.2, 0.25) is 0 Å². The summed E-state index contributed by atoms with van der Waals surface area (Å²) in [6.07, 6.45) is -6.91. The van der Waals surface area contributed by atoms with Crippen LogP contribution in [0.25, 0.3) is 0 Å². The molecule has 0 radical (unpaired) electrons. The van der Waals surface area contributed by atoms with E-state index in [9.17, 15) is 37.1 Å². The van der Waals surface area contributed by atoms with Crippen LogP contribution in [-0.2, 0) is 69.2 Å². The Morgan fingerprint density at radius 2 is 1.25 bits per heavy atom. The zero-order valence-electron chi connectivity index (χ0n) is 35.7. The van der Waals surface area contributed by atoms with E-state index in [1.165, 1.54) is 24.0 Å². The molecular weight excluding hydrogens is 867 g/mol. The van der Waals surface area contributed by atoms with Crippen molar-refractivity contribution in [2.75, 3.05) is 67.0 Å². The van der Waals surface area contributed by atoms with E-state index in [1.54, 1.807) is 19.1 Å². The summed E-state index contributed by atoms with van der Waals surface area (Å²) >= 11 is 0. The third-order valence-corrected chi connectivity index (χ3v) is 9.37. The molecule has 23 heteroatoms. The van der Waals surface area contributed by atoms with Crippen LogP contribution in [0.5, 0.6) is 23.0 Å². The molecule has 0 saturated heterocycles. The van der Waals surface area contributed by atoms with Gasteiger partial charge in [-0.3, -0.25) is 28.8 Å². The topological polar surface area (TPSA) is 232 Å². The molecule has 4 rings (SSSR count). The first-order valence-corrected chi connectivity index (χ1v) is 20.1. The number of carbonyl (C=O) groups is 6. The van der Waals surface area contributed by atoms with Gasteiger partial charge in [0.2, 0.25) is 24.0 Å². The Morgan fingerprint density at radius 1 is 0.766 bits per heavy atom. The number of carboxylic acid groups (broad SMARTS) is 1.